The van der Waals surface area contributed by atoms with Gasteiger partial charge in [0.1, 0.15) is 0 Å². The molecule has 0 aromatic heterocycles. The zero-order valence-corrected chi connectivity index (χ0v) is 10.0. The van der Waals surface area contributed by atoms with Gasteiger partial charge in [0.15, 0.2) is 0 Å². The largest absolute Gasteiger partial charge is 0.392 e. The van der Waals surface area contributed by atoms with Crippen LogP contribution in [0.25, 0.3) is 0 Å². The minimum atomic E-state index is -0.122. The van der Waals surface area contributed by atoms with Gasteiger partial charge in [0.25, 0.3) is 0 Å². The van der Waals surface area contributed by atoms with Crippen molar-refractivity contribution in [3.63, 3.8) is 0 Å². The summed E-state index contributed by atoms with van der Waals surface area (Å²) in [5.41, 5.74) is 2.74. The van der Waals surface area contributed by atoms with Crippen molar-refractivity contribution in [2.45, 2.75) is 38.8 Å². The molecule has 2 nitrogen and oxygen atoms in total. The number of aliphatic hydroxyl groups excluding tert-OH is 1. The van der Waals surface area contributed by atoms with E-state index in [4.69, 9.17) is 0 Å². The Labute approximate surface area is 97.9 Å². The molecule has 16 heavy (non-hydrogen) atoms. The first-order valence-corrected chi connectivity index (χ1v) is 6.26. The van der Waals surface area contributed by atoms with Gasteiger partial charge in [0.05, 0.1) is 6.10 Å². The van der Waals surface area contributed by atoms with Crippen LogP contribution in [-0.4, -0.2) is 29.2 Å². The number of nitrogens with zero attached hydrogens (tertiary/aromatic N) is 1. The Kier molecular flexibility index (Phi) is 3.97. The summed E-state index contributed by atoms with van der Waals surface area (Å²) in [4.78, 5) is 2.34. The van der Waals surface area contributed by atoms with Crippen molar-refractivity contribution in [3.8, 4) is 0 Å². The zero-order valence-electron chi connectivity index (χ0n) is 10.0. The van der Waals surface area contributed by atoms with Crippen molar-refractivity contribution in [1.29, 1.82) is 0 Å². The van der Waals surface area contributed by atoms with Gasteiger partial charge in [-0.3, -0.25) is 4.90 Å². The Morgan fingerprint density at radius 2 is 1.94 bits per heavy atom. The minimum absolute atomic E-state index is 0.122. The van der Waals surface area contributed by atoms with Gasteiger partial charge in [-0.2, -0.15) is 0 Å². The third-order valence-electron chi connectivity index (χ3n) is 3.32. The van der Waals surface area contributed by atoms with Crippen LogP contribution in [0.3, 0.4) is 0 Å². The highest BCUT2D eigenvalue weighted by Gasteiger charge is 2.17. The summed E-state index contributed by atoms with van der Waals surface area (Å²) in [5.74, 6) is 0. The average Bonchev–Trinajstić information content (AvgIpc) is 2.30. The predicted octanol–water partition coefficient (Wildman–Crippen LogP) is 2.21. The highest BCUT2D eigenvalue weighted by atomic mass is 16.3. The third-order valence-corrected chi connectivity index (χ3v) is 3.32. The second-order valence-electron chi connectivity index (χ2n) is 4.70. The first-order chi connectivity index (χ1) is 7.78. The summed E-state index contributed by atoms with van der Waals surface area (Å²) >= 11 is 0. The van der Waals surface area contributed by atoms with E-state index in [1.165, 1.54) is 11.1 Å². The van der Waals surface area contributed by atoms with Gasteiger partial charge >= 0.3 is 0 Å². The molecule has 1 aliphatic heterocycles. The van der Waals surface area contributed by atoms with E-state index in [1.54, 1.807) is 0 Å². The molecule has 0 saturated carbocycles. The number of piperidine rings is 1. The molecule has 0 aliphatic carbocycles. The van der Waals surface area contributed by atoms with E-state index in [0.29, 0.717) is 0 Å². The lowest BCUT2D eigenvalue weighted by atomic mass is 10.1. The molecule has 1 aromatic rings. The van der Waals surface area contributed by atoms with E-state index in [9.17, 15) is 5.11 Å². The molecule has 0 amide bonds. The fourth-order valence-corrected chi connectivity index (χ4v) is 2.31. The van der Waals surface area contributed by atoms with Gasteiger partial charge in [-0.15, -0.1) is 0 Å². The van der Waals surface area contributed by atoms with Crippen LogP contribution >= 0.6 is 0 Å². The van der Waals surface area contributed by atoms with Crippen LogP contribution < -0.4 is 0 Å². The number of likely N-dealkylation sites (tertiary alicyclic amines) is 1. The molecule has 2 heteroatoms. The van der Waals surface area contributed by atoms with Crippen LogP contribution in [-0.2, 0) is 13.0 Å². The van der Waals surface area contributed by atoms with Crippen molar-refractivity contribution < 1.29 is 5.11 Å². The first-order valence-electron chi connectivity index (χ1n) is 6.26. The Morgan fingerprint density at radius 3 is 2.56 bits per heavy atom. The van der Waals surface area contributed by atoms with Crippen molar-refractivity contribution >= 4 is 0 Å². The molecule has 1 N–H and O–H groups in total. The molecule has 1 unspecified atom stereocenters. The highest BCUT2D eigenvalue weighted by Crippen LogP contribution is 2.14. The second-order valence-corrected chi connectivity index (χ2v) is 4.70. The maximum Gasteiger partial charge on any atom is 0.0667 e. The number of benzene rings is 1. The Morgan fingerprint density at radius 1 is 1.25 bits per heavy atom. The van der Waals surface area contributed by atoms with Crippen LogP contribution in [0.2, 0.25) is 0 Å². The average molecular weight is 219 g/mol. The fourth-order valence-electron chi connectivity index (χ4n) is 2.31. The van der Waals surface area contributed by atoms with Crippen molar-refractivity contribution in [3.05, 3.63) is 35.4 Å². The molecule has 1 heterocycles. The fraction of sp³-hybridized carbons (Fsp3) is 0.571. The molecule has 0 bridgehead atoms. The molecular formula is C14H21NO. The van der Waals surface area contributed by atoms with Gasteiger partial charge in [0.2, 0.25) is 0 Å². The Bertz CT molecular complexity index is 320. The predicted molar refractivity (Wildman–Crippen MR) is 66.3 cm³/mol. The van der Waals surface area contributed by atoms with Crippen LogP contribution in [0, 0.1) is 0 Å². The second kappa shape index (κ2) is 5.46. The number of hydrogen-bond acceptors (Lipinski definition) is 2. The molecule has 1 aliphatic rings. The lowest BCUT2D eigenvalue weighted by molar-refractivity contribution is 0.0668. The number of rotatable bonds is 3. The Balaban J connectivity index is 1.92. The number of β-amino-alcohol motifs (C(OH)–C–C–N with tert-alkyl or cyclic N) is 1. The number of hydrogen-bond donors (Lipinski definition) is 1. The van der Waals surface area contributed by atoms with Gasteiger partial charge in [-0.05, 0) is 36.9 Å². The summed E-state index contributed by atoms with van der Waals surface area (Å²) in [6.45, 7) is 5.10. The van der Waals surface area contributed by atoms with Crippen molar-refractivity contribution in [2.75, 3.05) is 13.1 Å². The van der Waals surface area contributed by atoms with E-state index in [1.807, 2.05) is 0 Å². The van der Waals surface area contributed by atoms with E-state index < -0.39 is 0 Å². The third kappa shape index (κ3) is 3.06. The van der Waals surface area contributed by atoms with Crippen molar-refractivity contribution in [1.82, 2.24) is 4.90 Å². The summed E-state index contributed by atoms with van der Waals surface area (Å²) < 4.78 is 0. The number of aliphatic hydroxyl groups is 1. The van der Waals surface area contributed by atoms with Crippen LogP contribution in [0.15, 0.2) is 24.3 Å². The molecule has 1 aromatic carbocycles. The lowest BCUT2D eigenvalue weighted by Gasteiger charge is -2.29. The molecule has 1 fully saturated rings. The molecule has 88 valence electrons. The van der Waals surface area contributed by atoms with Crippen molar-refractivity contribution in [2.24, 2.45) is 0 Å². The van der Waals surface area contributed by atoms with Gasteiger partial charge < -0.3 is 5.11 Å². The Hall–Kier alpha value is -0.860. The standard InChI is InChI=1S/C14H21NO/c1-2-12-5-7-13(8-6-12)10-15-9-3-4-14(16)11-15/h5-8,14,16H,2-4,9-11H2,1H3. The van der Waals surface area contributed by atoms with Crippen LogP contribution in [0.4, 0.5) is 0 Å². The first kappa shape index (κ1) is 11.6. The maximum absolute atomic E-state index is 9.60. The molecule has 1 saturated heterocycles. The quantitative estimate of drug-likeness (QED) is 0.842. The monoisotopic (exact) mass is 219 g/mol. The summed E-state index contributed by atoms with van der Waals surface area (Å²) in [7, 11) is 0. The summed E-state index contributed by atoms with van der Waals surface area (Å²) in [6.07, 6.45) is 3.06. The zero-order chi connectivity index (χ0) is 11.4. The minimum Gasteiger partial charge on any atom is -0.392 e. The smallest absolute Gasteiger partial charge is 0.0667 e. The van der Waals surface area contributed by atoms with E-state index in [2.05, 4.69) is 36.1 Å². The molecule has 0 radical (unpaired) electrons. The summed E-state index contributed by atoms with van der Waals surface area (Å²) in [6, 6.07) is 8.82. The van der Waals surface area contributed by atoms with E-state index in [-0.39, 0.29) is 6.10 Å². The molecule has 1 atom stereocenters. The van der Waals surface area contributed by atoms with Gasteiger partial charge in [-0.25, -0.2) is 0 Å². The van der Waals surface area contributed by atoms with E-state index in [0.717, 1.165) is 38.9 Å². The summed E-state index contributed by atoms with van der Waals surface area (Å²) in [5, 5.41) is 9.60. The van der Waals surface area contributed by atoms with Crippen LogP contribution in [0.1, 0.15) is 30.9 Å². The van der Waals surface area contributed by atoms with Gasteiger partial charge in [-0.1, -0.05) is 31.2 Å². The molecular weight excluding hydrogens is 198 g/mol. The number of aryl methyl sites for hydroxylation is 1. The van der Waals surface area contributed by atoms with Gasteiger partial charge in [0, 0.05) is 13.1 Å². The highest BCUT2D eigenvalue weighted by molar-refractivity contribution is 5.22. The van der Waals surface area contributed by atoms with E-state index >= 15 is 0 Å². The van der Waals surface area contributed by atoms with Crippen LogP contribution in [0.5, 0.6) is 0 Å². The normalized spacial score (nSPS) is 22.2. The maximum atomic E-state index is 9.60. The topological polar surface area (TPSA) is 23.5 Å². The molecule has 0 spiro atoms. The lowest BCUT2D eigenvalue weighted by Crippen LogP contribution is -2.37. The molecule has 2 rings (SSSR count). The SMILES string of the molecule is CCc1ccc(CN2CCCC(O)C2)cc1.